The van der Waals surface area contributed by atoms with Crippen molar-refractivity contribution in [1.82, 2.24) is 4.67 Å². The van der Waals surface area contributed by atoms with Gasteiger partial charge in [0.1, 0.15) is 0 Å². The average molecular weight is 192 g/mol. The van der Waals surface area contributed by atoms with Gasteiger partial charge in [0.25, 0.3) is 0 Å². The molecule has 0 aliphatic heterocycles. The molecule has 3 nitrogen and oxygen atoms in total. The van der Waals surface area contributed by atoms with E-state index >= 15 is 0 Å². The Hall–Kier alpha value is 0.0200. The zero-order chi connectivity index (χ0) is 9.40. The number of nitrogens with zero attached hydrogens (tertiary/aromatic N) is 1. The van der Waals surface area contributed by atoms with Crippen LogP contribution in [0.25, 0.3) is 0 Å². The van der Waals surface area contributed by atoms with Crippen molar-refractivity contribution < 1.29 is 9.46 Å². The Kier molecular flexibility index (Phi) is 7.67. The molecule has 0 aromatic rings. The number of rotatable bonds is 7. The van der Waals surface area contributed by atoms with Crippen molar-refractivity contribution in [1.29, 1.82) is 0 Å². The maximum absolute atomic E-state index is 10.8. The van der Waals surface area contributed by atoms with Crippen LogP contribution >= 0.6 is 8.18 Å². The van der Waals surface area contributed by atoms with Crippen molar-refractivity contribution in [3.05, 3.63) is 0 Å². The Bertz CT molecular complexity index is 122. The monoisotopic (exact) mass is 192 g/mol. The van der Waals surface area contributed by atoms with Crippen LogP contribution in [0.1, 0.15) is 39.5 Å². The van der Waals surface area contributed by atoms with Crippen LogP contribution in [0.15, 0.2) is 0 Å². The molecule has 0 rings (SSSR count). The molecule has 0 fully saturated rings. The first-order valence-electron chi connectivity index (χ1n) is 4.63. The molecule has 0 saturated heterocycles. The Morgan fingerprint density at radius 1 is 1.17 bits per heavy atom. The quantitative estimate of drug-likeness (QED) is 0.630. The average Bonchev–Trinajstić information content (AvgIpc) is 2.04. The molecule has 0 aromatic carbocycles. The zero-order valence-corrected chi connectivity index (χ0v) is 8.89. The smallest absolute Gasteiger partial charge is 0.144 e. The van der Waals surface area contributed by atoms with Crippen LogP contribution in [0.2, 0.25) is 0 Å². The van der Waals surface area contributed by atoms with E-state index in [1.54, 1.807) is 4.67 Å². The second kappa shape index (κ2) is 7.66. The fraction of sp³-hybridized carbons (Fsp3) is 1.00. The molecular formula is C8H19NO2P+. The predicted octanol–water partition coefficient (Wildman–Crippen LogP) is 2.54. The lowest BCUT2D eigenvalue weighted by atomic mass is 10.3. The van der Waals surface area contributed by atoms with Gasteiger partial charge in [-0.2, -0.15) is 0 Å². The van der Waals surface area contributed by atoms with Crippen LogP contribution in [-0.4, -0.2) is 22.7 Å². The maximum Gasteiger partial charge on any atom is 0.613 e. The maximum atomic E-state index is 10.8. The lowest BCUT2D eigenvalue weighted by molar-refractivity contribution is 0.357. The van der Waals surface area contributed by atoms with Crippen molar-refractivity contribution in [3.63, 3.8) is 0 Å². The Morgan fingerprint density at radius 3 is 1.83 bits per heavy atom. The summed E-state index contributed by atoms with van der Waals surface area (Å²) in [7, 11) is -2.10. The van der Waals surface area contributed by atoms with Crippen LogP contribution in [-0.2, 0) is 4.57 Å². The molecule has 0 bridgehead atoms. The topological polar surface area (TPSA) is 40.5 Å². The molecule has 0 radical (unpaired) electrons. The molecule has 0 heterocycles. The largest absolute Gasteiger partial charge is 0.613 e. The van der Waals surface area contributed by atoms with Gasteiger partial charge in [-0.25, -0.2) is 0 Å². The van der Waals surface area contributed by atoms with Gasteiger partial charge in [-0.15, -0.1) is 4.89 Å². The van der Waals surface area contributed by atoms with Crippen molar-refractivity contribution in [2.45, 2.75) is 39.5 Å². The van der Waals surface area contributed by atoms with Gasteiger partial charge in [-0.05, 0) is 17.4 Å². The second-order valence-electron chi connectivity index (χ2n) is 2.91. The standard InChI is InChI=1S/C8H18NO2P/c1-3-5-7-9(12(10)11)8-6-4-2/h3-8H2,1-2H3/p+1. The van der Waals surface area contributed by atoms with E-state index in [0.717, 1.165) is 38.8 Å². The first-order chi connectivity index (χ1) is 5.72. The minimum atomic E-state index is -2.10. The van der Waals surface area contributed by atoms with Gasteiger partial charge in [0.2, 0.25) is 0 Å². The van der Waals surface area contributed by atoms with Crippen LogP contribution < -0.4 is 0 Å². The van der Waals surface area contributed by atoms with Gasteiger partial charge >= 0.3 is 8.18 Å². The third-order valence-corrected chi connectivity index (χ3v) is 2.67. The fourth-order valence-corrected chi connectivity index (χ4v) is 1.59. The zero-order valence-electron chi connectivity index (χ0n) is 7.99. The summed E-state index contributed by atoms with van der Waals surface area (Å²) < 4.78 is 12.4. The summed E-state index contributed by atoms with van der Waals surface area (Å²) >= 11 is 0. The van der Waals surface area contributed by atoms with Gasteiger partial charge in [-0.1, -0.05) is 31.4 Å². The van der Waals surface area contributed by atoms with Gasteiger partial charge in [0.15, 0.2) is 0 Å². The minimum absolute atomic E-state index is 0.752. The Labute approximate surface area is 75.7 Å². The summed E-state index contributed by atoms with van der Waals surface area (Å²) in [6.45, 7) is 5.68. The molecule has 1 atom stereocenters. The van der Waals surface area contributed by atoms with Crippen molar-refractivity contribution in [2.24, 2.45) is 0 Å². The highest BCUT2D eigenvalue weighted by Crippen LogP contribution is 2.22. The lowest BCUT2D eigenvalue weighted by Gasteiger charge is -2.06. The fourth-order valence-electron chi connectivity index (χ4n) is 0.964. The first kappa shape index (κ1) is 12.0. The van der Waals surface area contributed by atoms with Crippen LogP contribution in [0.5, 0.6) is 0 Å². The van der Waals surface area contributed by atoms with E-state index in [0.29, 0.717) is 0 Å². The highest BCUT2D eigenvalue weighted by atomic mass is 31.1. The second-order valence-corrected chi connectivity index (χ2v) is 3.98. The lowest BCUT2D eigenvalue weighted by Crippen LogP contribution is -2.17. The third-order valence-electron chi connectivity index (χ3n) is 1.78. The highest BCUT2D eigenvalue weighted by Gasteiger charge is 2.23. The summed E-state index contributed by atoms with van der Waals surface area (Å²) in [5.74, 6) is 0. The van der Waals surface area contributed by atoms with Crippen molar-refractivity contribution in [2.75, 3.05) is 13.1 Å². The molecule has 0 aliphatic carbocycles. The molecule has 0 amide bonds. The first-order valence-corrected chi connectivity index (χ1v) is 5.79. The Balaban J connectivity index is 3.62. The Morgan fingerprint density at radius 2 is 1.58 bits per heavy atom. The van der Waals surface area contributed by atoms with Gasteiger partial charge in [-0.3, -0.25) is 0 Å². The van der Waals surface area contributed by atoms with E-state index in [-0.39, 0.29) is 0 Å². The van der Waals surface area contributed by atoms with Crippen LogP contribution in [0, 0.1) is 0 Å². The van der Waals surface area contributed by atoms with Gasteiger partial charge in [0.05, 0.1) is 0 Å². The van der Waals surface area contributed by atoms with Crippen LogP contribution in [0.3, 0.4) is 0 Å². The molecule has 0 aromatic heterocycles. The highest BCUT2D eigenvalue weighted by molar-refractivity contribution is 7.35. The SMILES string of the molecule is CCCCN(CCCC)[P+](=O)O. The van der Waals surface area contributed by atoms with E-state index in [2.05, 4.69) is 13.8 Å². The van der Waals surface area contributed by atoms with E-state index in [1.165, 1.54) is 0 Å². The summed E-state index contributed by atoms with van der Waals surface area (Å²) in [6.07, 6.45) is 4.16. The molecule has 12 heavy (non-hydrogen) atoms. The molecule has 0 aliphatic rings. The summed E-state index contributed by atoms with van der Waals surface area (Å²) in [4.78, 5) is 8.90. The predicted molar refractivity (Wildman–Crippen MR) is 51.2 cm³/mol. The number of hydrogen-bond acceptors (Lipinski definition) is 1. The minimum Gasteiger partial charge on any atom is -0.144 e. The third kappa shape index (κ3) is 5.64. The summed E-state index contributed by atoms with van der Waals surface area (Å²) in [6, 6.07) is 0. The normalized spacial score (nSPS) is 12.2. The summed E-state index contributed by atoms with van der Waals surface area (Å²) in [5, 5.41) is 0. The van der Waals surface area contributed by atoms with Crippen molar-refractivity contribution in [3.8, 4) is 0 Å². The molecule has 72 valence electrons. The molecule has 0 spiro atoms. The summed E-state index contributed by atoms with van der Waals surface area (Å²) in [5.41, 5.74) is 0. The molecule has 1 unspecified atom stereocenters. The van der Waals surface area contributed by atoms with Gasteiger partial charge in [0, 0.05) is 13.1 Å². The number of hydrogen-bond donors (Lipinski definition) is 1. The van der Waals surface area contributed by atoms with Gasteiger partial charge < -0.3 is 0 Å². The molecular weight excluding hydrogens is 173 g/mol. The molecule has 1 N–H and O–H groups in total. The molecule has 0 saturated carbocycles. The van der Waals surface area contributed by atoms with E-state index in [1.807, 2.05) is 0 Å². The van der Waals surface area contributed by atoms with Crippen LogP contribution in [0.4, 0.5) is 0 Å². The molecule has 4 heteroatoms. The number of unbranched alkanes of at least 4 members (excludes halogenated alkanes) is 2. The van der Waals surface area contributed by atoms with E-state index in [9.17, 15) is 4.57 Å². The van der Waals surface area contributed by atoms with E-state index < -0.39 is 8.18 Å². The van der Waals surface area contributed by atoms with Crippen molar-refractivity contribution >= 4 is 8.18 Å². The van der Waals surface area contributed by atoms with E-state index in [4.69, 9.17) is 4.89 Å².